The molecule has 1 aromatic carbocycles. The number of nitrogens with zero attached hydrogens (tertiary/aromatic N) is 2. The molecular weight excluding hydrogens is 236 g/mol. The fourth-order valence-electron chi connectivity index (χ4n) is 2.22. The highest BCUT2D eigenvalue weighted by Gasteiger charge is 2.30. The third-order valence-corrected chi connectivity index (χ3v) is 4.01. The quantitative estimate of drug-likeness (QED) is 0.904. The summed E-state index contributed by atoms with van der Waals surface area (Å²) in [5.41, 5.74) is 1.02. The predicted molar refractivity (Wildman–Crippen MR) is 67.6 cm³/mol. The Morgan fingerprint density at radius 2 is 2.24 bits per heavy atom. The zero-order valence-electron chi connectivity index (χ0n) is 9.17. The van der Waals surface area contributed by atoms with Gasteiger partial charge in [-0.05, 0) is 23.7 Å². The molecule has 1 aromatic heterocycles. The Morgan fingerprint density at radius 3 is 3.00 bits per heavy atom. The van der Waals surface area contributed by atoms with E-state index < -0.39 is 5.97 Å². The number of aromatic nitrogens is 1. The van der Waals surface area contributed by atoms with Crippen molar-refractivity contribution >= 4 is 33.4 Å². The summed E-state index contributed by atoms with van der Waals surface area (Å²) in [5.74, 6) is -0.419. The minimum absolute atomic E-state index is 0.271. The van der Waals surface area contributed by atoms with Crippen LogP contribution in [0.1, 0.15) is 6.42 Å². The van der Waals surface area contributed by atoms with Crippen LogP contribution in [0, 0.1) is 5.92 Å². The highest BCUT2D eigenvalue weighted by molar-refractivity contribution is 7.11. The monoisotopic (exact) mass is 248 g/mol. The molecule has 5 heteroatoms. The molecule has 1 aliphatic heterocycles. The van der Waals surface area contributed by atoms with E-state index in [1.807, 2.05) is 18.2 Å². The van der Waals surface area contributed by atoms with Crippen molar-refractivity contribution in [2.24, 2.45) is 5.92 Å². The molecule has 17 heavy (non-hydrogen) atoms. The second kappa shape index (κ2) is 4.00. The maximum absolute atomic E-state index is 10.6. The minimum atomic E-state index is -0.705. The van der Waals surface area contributed by atoms with Crippen LogP contribution in [0.4, 0.5) is 5.00 Å². The summed E-state index contributed by atoms with van der Waals surface area (Å²) >= 11 is 1.50. The van der Waals surface area contributed by atoms with Gasteiger partial charge in [-0.25, -0.2) is 0 Å². The summed E-state index contributed by atoms with van der Waals surface area (Å²) in [7, 11) is 0. The topological polar surface area (TPSA) is 53.4 Å². The van der Waals surface area contributed by atoms with Crippen molar-refractivity contribution in [1.82, 2.24) is 4.37 Å². The van der Waals surface area contributed by atoms with Gasteiger partial charge >= 0.3 is 5.97 Å². The van der Waals surface area contributed by atoms with Crippen LogP contribution in [0.2, 0.25) is 0 Å². The molecule has 1 fully saturated rings. The second-order valence-corrected chi connectivity index (χ2v) is 5.13. The predicted octanol–water partition coefficient (Wildman–Crippen LogP) is 2.21. The summed E-state index contributed by atoms with van der Waals surface area (Å²) in [6.07, 6.45) is 0.271. The van der Waals surface area contributed by atoms with E-state index in [1.165, 1.54) is 21.9 Å². The molecule has 4 nitrogen and oxygen atoms in total. The number of carbonyl (C=O) groups is 1. The highest BCUT2D eigenvalue weighted by atomic mass is 32.1. The van der Waals surface area contributed by atoms with Crippen molar-refractivity contribution in [2.45, 2.75) is 6.42 Å². The van der Waals surface area contributed by atoms with Crippen molar-refractivity contribution in [3.8, 4) is 0 Å². The SMILES string of the molecule is O=C(O)CC1CN(c2snc3ccccc23)C1. The van der Waals surface area contributed by atoms with Gasteiger partial charge in [0.05, 0.1) is 11.9 Å². The smallest absolute Gasteiger partial charge is 0.303 e. The third kappa shape index (κ3) is 1.86. The number of hydrogen-bond acceptors (Lipinski definition) is 4. The third-order valence-electron chi connectivity index (χ3n) is 3.07. The summed E-state index contributed by atoms with van der Waals surface area (Å²) in [6, 6.07) is 8.06. The fraction of sp³-hybridized carbons (Fsp3) is 0.333. The average Bonchev–Trinajstić information content (AvgIpc) is 2.66. The maximum atomic E-state index is 10.6. The Hall–Kier alpha value is -1.62. The van der Waals surface area contributed by atoms with E-state index in [4.69, 9.17) is 5.11 Å². The van der Waals surface area contributed by atoms with Gasteiger partial charge in [-0.3, -0.25) is 4.79 Å². The van der Waals surface area contributed by atoms with Gasteiger partial charge in [-0.1, -0.05) is 12.1 Å². The van der Waals surface area contributed by atoms with Gasteiger partial charge in [0.2, 0.25) is 0 Å². The molecule has 2 aromatic rings. The van der Waals surface area contributed by atoms with Gasteiger partial charge in [-0.2, -0.15) is 4.37 Å². The van der Waals surface area contributed by atoms with Crippen LogP contribution in [0.15, 0.2) is 24.3 Å². The Balaban J connectivity index is 1.76. The zero-order chi connectivity index (χ0) is 11.8. The molecule has 0 amide bonds. The highest BCUT2D eigenvalue weighted by Crippen LogP contribution is 2.35. The van der Waals surface area contributed by atoms with Crippen LogP contribution in [-0.4, -0.2) is 28.5 Å². The van der Waals surface area contributed by atoms with Gasteiger partial charge in [0.25, 0.3) is 0 Å². The molecular formula is C12H12N2O2S. The lowest BCUT2D eigenvalue weighted by molar-refractivity contribution is -0.138. The molecule has 0 atom stereocenters. The lowest BCUT2D eigenvalue weighted by Gasteiger charge is -2.39. The number of carboxylic acids is 1. The van der Waals surface area contributed by atoms with Crippen LogP contribution in [0.3, 0.4) is 0 Å². The molecule has 0 saturated carbocycles. The lowest BCUT2D eigenvalue weighted by Crippen LogP contribution is -2.47. The van der Waals surface area contributed by atoms with Crippen LogP contribution in [-0.2, 0) is 4.79 Å². The van der Waals surface area contributed by atoms with Gasteiger partial charge in [0.15, 0.2) is 0 Å². The van der Waals surface area contributed by atoms with E-state index in [0.29, 0.717) is 0 Å². The number of benzene rings is 1. The summed E-state index contributed by atoms with van der Waals surface area (Å²) in [6.45, 7) is 1.66. The molecule has 1 aliphatic rings. The van der Waals surface area contributed by atoms with E-state index in [2.05, 4.69) is 15.3 Å². The van der Waals surface area contributed by atoms with Crippen molar-refractivity contribution < 1.29 is 9.90 Å². The molecule has 3 rings (SSSR count). The number of aliphatic carboxylic acids is 1. The Bertz CT molecular complexity index is 560. The molecule has 0 bridgehead atoms. The molecule has 0 unspecified atom stereocenters. The van der Waals surface area contributed by atoms with E-state index in [1.54, 1.807) is 0 Å². The van der Waals surface area contributed by atoms with Crippen LogP contribution >= 0.6 is 11.5 Å². The Kier molecular flexibility index (Phi) is 2.48. The number of carboxylic acid groups (broad SMARTS) is 1. The standard InChI is InChI=1S/C12H12N2O2S/c15-11(16)5-8-6-14(7-8)12-9-3-1-2-4-10(9)13-17-12/h1-4,8H,5-7H2,(H,15,16). The first-order chi connectivity index (χ1) is 8.24. The minimum Gasteiger partial charge on any atom is -0.481 e. The molecule has 0 radical (unpaired) electrons. The Labute approximate surface area is 103 Å². The fourth-order valence-corrected chi connectivity index (χ4v) is 3.10. The van der Waals surface area contributed by atoms with Crippen molar-refractivity contribution in [2.75, 3.05) is 18.0 Å². The first-order valence-electron chi connectivity index (χ1n) is 5.55. The van der Waals surface area contributed by atoms with Crippen molar-refractivity contribution in [1.29, 1.82) is 0 Å². The molecule has 0 spiro atoms. The zero-order valence-corrected chi connectivity index (χ0v) is 9.98. The van der Waals surface area contributed by atoms with E-state index in [0.717, 1.165) is 18.6 Å². The average molecular weight is 248 g/mol. The first-order valence-corrected chi connectivity index (χ1v) is 6.32. The number of rotatable bonds is 3. The molecule has 2 heterocycles. The van der Waals surface area contributed by atoms with Crippen LogP contribution < -0.4 is 4.90 Å². The summed E-state index contributed by atoms with van der Waals surface area (Å²) in [5, 5.41) is 11.1. The maximum Gasteiger partial charge on any atom is 0.303 e. The van der Waals surface area contributed by atoms with Gasteiger partial charge in [-0.15, -0.1) is 0 Å². The number of anilines is 1. The first kappa shape index (κ1) is 10.5. The normalized spacial score (nSPS) is 16.1. The molecule has 1 saturated heterocycles. The lowest BCUT2D eigenvalue weighted by atomic mass is 9.96. The van der Waals surface area contributed by atoms with Gasteiger partial charge in [0, 0.05) is 24.4 Å². The summed E-state index contributed by atoms with van der Waals surface area (Å²) in [4.78, 5) is 12.8. The van der Waals surface area contributed by atoms with E-state index >= 15 is 0 Å². The molecule has 88 valence electrons. The van der Waals surface area contributed by atoms with Crippen molar-refractivity contribution in [3.05, 3.63) is 24.3 Å². The van der Waals surface area contributed by atoms with E-state index in [-0.39, 0.29) is 12.3 Å². The number of hydrogen-bond donors (Lipinski definition) is 1. The Morgan fingerprint density at radius 1 is 1.47 bits per heavy atom. The van der Waals surface area contributed by atoms with Crippen LogP contribution in [0.5, 0.6) is 0 Å². The van der Waals surface area contributed by atoms with Gasteiger partial charge in [0.1, 0.15) is 5.00 Å². The molecule has 0 aliphatic carbocycles. The largest absolute Gasteiger partial charge is 0.481 e. The van der Waals surface area contributed by atoms with E-state index in [9.17, 15) is 4.79 Å². The second-order valence-electron chi connectivity index (χ2n) is 4.37. The molecule has 1 N–H and O–H groups in total. The van der Waals surface area contributed by atoms with Gasteiger partial charge < -0.3 is 10.0 Å². The summed E-state index contributed by atoms with van der Waals surface area (Å²) < 4.78 is 4.39. The van der Waals surface area contributed by atoms with Crippen LogP contribution in [0.25, 0.3) is 10.9 Å². The van der Waals surface area contributed by atoms with Crippen molar-refractivity contribution in [3.63, 3.8) is 0 Å². The number of fused-ring (bicyclic) bond motifs is 1.